The van der Waals surface area contributed by atoms with Crippen LogP contribution in [0.5, 0.6) is 0 Å². The van der Waals surface area contributed by atoms with E-state index in [9.17, 15) is 26.7 Å². The van der Waals surface area contributed by atoms with Crippen molar-refractivity contribution in [2.45, 2.75) is 39.8 Å². The molecule has 0 radical (unpaired) electrons. The molecular weight excluding hydrogens is 283 g/mol. The van der Waals surface area contributed by atoms with Gasteiger partial charge in [-0.05, 0) is 26.0 Å². The summed E-state index contributed by atoms with van der Waals surface area (Å²) in [5.74, 6) is -7.85. The summed E-state index contributed by atoms with van der Waals surface area (Å²) in [5.41, 5.74) is 0.621. The van der Waals surface area contributed by atoms with Gasteiger partial charge in [-0.15, -0.1) is 0 Å². The first-order valence-corrected chi connectivity index (χ1v) is 5.75. The molecule has 0 aromatic carbocycles. The fraction of sp³-hybridized carbons (Fsp3) is 0.500. The molecule has 0 unspecified atom stereocenters. The minimum absolute atomic E-state index is 0.158. The molecule has 1 rings (SSSR count). The van der Waals surface area contributed by atoms with Crippen molar-refractivity contribution in [3.63, 3.8) is 0 Å². The number of hydrogen-bond donors (Lipinski definition) is 1. The van der Waals surface area contributed by atoms with Crippen LogP contribution >= 0.6 is 0 Å². The Hall–Kier alpha value is -1.73. The van der Waals surface area contributed by atoms with Crippen molar-refractivity contribution in [1.29, 1.82) is 0 Å². The minimum Gasteiger partial charge on any atom is -0.320 e. The number of anilines is 1. The maximum Gasteiger partial charge on any atom is 0.463 e. The predicted molar refractivity (Wildman–Crippen MR) is 64.7 cm³/mol. The van der Waals surface area contributed by atoms with E-state index in [1.54, 1.807) is 0 Å². The van der Waals surface area contributed by atoms with Gasteiger partial charge in [-0.3, -0.25) is 9.78 Å². The molecule has 1 aromatic rings. The van der Waals surface area contributed by atoms with Gasteiger partial charge in [0.1, 0.15) is 0 Å². The monoisotopic (exact) mass is 298 g/mol. The van der Waals surface area contributed by atoms with Gasteiger partial charge in [-0.1, -0.05) is 13.8 Å². The first-order valence-electron chi connectivity index (χ1n) is 5.75. The quantitative estimate of drug-likeness (QED) is 0.842. The molecule has 1 heterocycles. The second-order valence-electron chi connectivity index (χ2n) is 3.66. The second kappa shape index (κ2) is 6.62. The van der Waals surface area contributed by atoms with Gasteiger partial charge in [-0.2, -0.15) is 22.0 Å². The summed E-state index contributed by atoms with van der Waals surface area (Å²) >= 11 is 0. The predicted octanol–water partition coefficient (Wildman–Crippen LogP) is 3.86. The van der Waals surface area contributed by atoms with Crippen LogP contribution in [0.1, 0.15) is 25.2 Å². The van der Waals surface area contributed by atoms with Crippen LogP contribution in [0.4, 0.5) is 27.6 Å². The third-order valence-electron chi connectivity index (χ3n) is 1.98. The minimum atomic E-state index is -5.92. The molecule has 0 aliphatic carbocycles. The summed E-state index contributed by atoms with van der Waals surface area (Å²) in [4.78, 5) is 14.8. The Morgan fingerprint density at radius 3 is 1.80 bits per heavy atom. The molecule has 0 saturated heterocycles. The molecule has 0 bridgehead atoms. The molecule has 0 fully saturated rings. The van der Waals surface area contributed by atoms with Crippen LogP contribution in [0.15, 0.2) is 12.1 Å². The molecule has 0 spiro atoms. The van der Waals surface area contributed by atoms with Crippen LogP contribution in [0.2, 0.25) is 0 Å². The van der Waals surface area contributed by atoms with E-state index in [0.717, 1.165) is 0 Å². The highest BCUT2D eigenvalue weighted by Crippen LogP contribution is 2.36. The van der Waals surface area contributed by atoms with Gasteiger partial charge < -0.3 is 5.32 Å². The first-order chi connectivity index (χ1) is 9.04. The summed E-state index contributed by atoms with van der Waals surface area (Å²) in [5, 5.41) is 1.52. The SMILES string of the molecule is CC.Cc1cc(NC(=O)C(F)(F)C(F)(F)F)cc(C)n1. The number of rotatable bonds is 2. The van der Waals surface area contributed by atoms with Crippen molar-refractivity contribution in [3.8, 4) is 0 Å². The number of amides is 1. The average Bonchev–Trinajstić information content (AvgIpc) is 2.28. The van der Waals surface area contributed by atoms with Gasteiger partial charge in [0, 0.05) is 17.1 Å². The Bertz CT molecular complexity index is 451. The number of pyridine rings is 1. The summed E-state index contributed by atoms with van der Waals surface area (Å²) in [6.45, 7) is 7.04. The number of carbonyl (C=O) groups is 1. The molecule has 114 valence electrons. The van der Waals surface area contributed by atoms with E-state index in [-0.39, 0.29) is 5.69 Å². The van der Waals surface area contributed by atoms with E-state index in [0.29, 0.717) is 11.4 Å². The number of nitrogens with one attached hydrogen (secondary N) is 1. The molecular formula is C12H15F5N2O. The van der Waals surface area contributed by atoms with Gasteiger partial charge >= 0.3 is 18.0 Å². The number of halogens is 5. The van der Waals surface area contributed by atoms with Crippen LogP contribution in [0.25, 0.3) is 0 Å². The summed E-state index contributed by atoms with van der Waals surface area (Å²) in [7, 11) is 0. The van der Waals surface area contributed by atoms with Gasteiger partial charge in [0.05, 0.1) is 0 Å². The smallest absolute Gasteiger partial charge is 0.320 e. The van der Waals surface area contributed by atoms with Crippen molar-refractivity contribution in [2.75, 3.05) is 5.32 Å². The lowest BCUT2D eigenvalue weighted by atomic mass is 10.2. The Balaban J connectivity index is 0.00000172. The highest BCUT2D eigenvalue weighted by atomic mass is 19.4. The number of alkyl halides is 5. The summed E-state index contributed by atoms with van der Waals surface area (Å²) < 4.78 is 61.1. The van der Waals surface area contributed by atoms with E-state index in [1.165, 1.54) is 31.3 Å². The molecule has 1 aromatic heterocycles. The largest absolute Gasteiger partial charge is 0.463 e. The van der Waals surface area contributed by atoms with Crippen LogP contribution in [-0.4, -0.2) is 23.0 Å². The topological polar surface area (TPSA) is 42.0 Å². The Labute approximate surface area is 113 Å². The lowest BCUT2D eigenvalue weighted by Crippen LogP contribution is -2.47. The van der Waals surface area contributed by atoms with Crippen LogP contribution in [-0.2, 0) is 4.79 Å². The van der Waals surface area contributed by atoms with Crippen molar-refractivity contribution in [1.82, 2.24) is 4.98 Å². The highest BCUT2D eigenvalue weighted by molar-refractivity contribution is 5.96. The van der Waals surface area contributed by atoms with Crippen LogP contribution in [0.3, 0.4) is 0 Å². The maximum atomic E-state index is 12.7. The normalized spacial score (nSPS) is 11.4. The number of aryl methyl sites for hydroxylation is 2. The van der Waals surface area contributed by atoms with Gasteiger partial charge in [0.15, 0.2) is 0 Å². The third kappa shape index (κ3) is 4.43. The Morgan fingerprint density at radius 1 is 1.05 bits per heavy atom. The van der Waals surface area contributed by atoms with E-state index in [4.69, 9.17) is 0 Å². The molecule has 3 nitrogen and oxygen atoms in total. The zero-order valence-electron chi connectivity index (χ0n) is 11.4. The number of nitrogens with zero attached hydrogens (tertiary/aromatic N) is 1. The zero-order chi connectivity index (χ0) is 16.1. The fourth-order valence-corrected chi connectivity index (χ4v) is 1.24. The highest BCUT2D eigenvalue weighted by Gasteiger charge is 2.63. The molecule has 1 N–H and O–H groups in total. The Kier molecular flexibility index (Phi) is 6.05. The van der Waals surface area contributed by atoms with E-state index in [1.807, 2.05) is 13.8 Å². The van der Waals surface area contributed by atoms with Crippen molar-refractivity contribution < 1.29 is 26.7 Å². The van der Waals surface area contributed by atoms with Gasteiger partial charge in [0.25, 0.3) is 0 Å². The first kappa shape index (κ1) is 18.3. The van der Waals surface area contributed by atoms with Gasteiger partial charge in [-0.25, -0.2) is 0 Å². The van der Waals surface area contributed by atoms with E-state index in [2.05, 4.69) is 4.98 Å². The number of hydrogen-bond acceptors (Lipinski definition) is 2. The standard InChI is InChI=1S/C10H9F5N2O.C2H6/c1-5-3-7(4-6(2)16-5)17-8(18)9(11,12)10(13,14)15;1-2/h3-4H,1-2H3,(H,16,17,18);1-2H3. The zero-order valence-corrected chi connectivity index (χ0v) is 11.4. The lowest BCUT2D eigenvalue weighted by Gasteiger charge is -2.18. The fourth-order valence-electron chi connectivity index (χ4n) is 1.24. The molecule has 8 heteroatoms. The molecule has 0 atom stereocenters. The van der Waals surface area contributed by atoms with Gasteiger partial charge in [0.2, 0.25) is 0 Å². The molecule has 0 saturated carbocycles. The van der Waals surface area contributed by atoms with Crippen LogP contribution in [0, 0.1) is 13.8 Å². The van der Waals surface area contributed by atoms with Crippen molar-refractivity contribution in [3.05, 3.63) is 23.5 Å². The van der Waals surface area contributed by atoms with E-state index < -0.39 is 18.0 Å². The third-order valence-corrected chi connectivity index (χ3v) is 1.98. The van der Waals surface area contributed by atoms with Crippen LogP contribution < -0.4 is 5.32 Å². The second-order valence-corrected chi connectivity index (χ2v) is 3.66. The summed E-state index contributed by atoms with van der Waals surface area (Å²) in [6.07, 6.45) is -5.92. The summed E-state index contributed by atoms with van der Waals surface area (Å²) in [6, 6.07) is 2.38. The molecule has 0 aliphatic heterocycles. The Morgan fingerprint density at radius 2 is 1.45 bits per heavy atom. The maximum absolute atomic E-state index is 12.7. The number of carbonyl (C=O) groups excluding carboxylic acids is 1. The van der Waals surface area contributed by atoms with Crippen molar-refractivity contribution >= 4 is 11.6 Å². The molecule has 0 aliphatic rings. The lowest BCUT2D eigenvalue weighted by molar-refractivity contribution is -0.267. The average molecular weight is 298 g/mol. The van der Waals surface area contributed by atoms with E-state index >= 15 is 0 Å². The molecule has 20 heavy (non-hydrogen) atoms. The van der Waals surface area contributed by atoms with Crippen molar-refractivity contribution in [2.24, 2.45) is 0 Å². The number of aromatic nitrogens is 1. The molecule has 1 amide bonds.